The van der Waals surface area contributed by atoms with Crippen molar-refractivity contribution in [2.45, 2.75) is 31.8 Å². The van der Waals surface area contributed by atoms with E-state index in [0.29, 0.717) is 22.2 Å². The highest BCUT2D eigenvalue weighted by Gasteiger charge is 2.15. The molecule has 1 amide bonds. The Hall–Kier alpha value is -3.50. The summed E-state index contributed by atoms with van der Waals surface area (Å²) < 4.78 is 37.4. The molecule has 1 aromatic heterocycles. The van der Waals surface area contributed by atoms with Gasteiger partial charge in [-0.1, -0.05) is 12.1 Å². The number of nitrogens with one attached hydrogen (secondary N) is 2. The molecule has 3 rings (SSSR count). The number of amides is 1. The predicted octanol–water partition coefficient (Wildman–Crippen LogP) is 2.47. The van der Waals surface area contributed by atoms with Crippen LogP contribution in [0.15, 0.2) is 62.6 Å². The van der Waals surface area contributed by atoms with E-state index >= 15 is 0 Å². The molecular weight excluding hydrogens is 436 g/mol. The number of fused-ring (bicyclic) bond motifs is 1. The number of carbonyl (C=O) groups is 2. The van der Waals surface area contributed by atoms with Crippen molar-refractivity contribution in [3.63, 3.8) is 0 Å². The normalized spacial score (nSPS) is 11.3. The summed E-state index contributed by atoms with van der Waals surface area (Å²) in [6.07, 6.45) is -0.193. The molecule has 9 nitrogen and oxygen atoms in total. The van der Waals surface area contributed by atoms with Crippen molar-refractivity contribution in [2.75, 3.05) is 11.9 Å². The molecule has 0 aliphatic rings. The van der Waals surface area contributed by atoms with E-state index in [-0.39, 0.29) is 30.4 Å². The van der Waals surface area contributed by atoms with Crippen molar-refractivity contribution < 1.29 is 27.2 Å². The summed E-state index contributed by atoms with van der Waals surface area (Å²) >= 11 is 0. The first-order chi connectivity index (χ1) is 15.1. The number of rotatable bonds is 8. The van der Waals surface area contributed by atoms with Crippen LogP contribution in [0.1, 0.15) is 24.5 Å². The van der Waals surface area contributed by atoms with E-state index in [1.165, 1.54) is 37.3 Å². The van der Waals surface area contributed by atoms with Crippen LogP contribution in [0.2, 0.25) is 0 Å². The monoisotopic (exact) mass is 458 g/mol. The van der Waals surface area contributed by atoms with Crippen LogP contribution in [0.4, 0.5) is 5.69 Å². The molecule has 0 bridgehead atoms. The molecule has 0 aliphatic heterocycles. The number of ether oxygens (including phenoxy) is 1. The number of anilines is 1. The van der Waals surface area contributed by atoms with Crippen LogP contribution in [0, 0.1) is 6.92 Å². The van der Waals surface area contributed by atoms with Crippen molar-refractivity contribution in [1.29, 1.82) is 0 Å². The van der Waals surface area contributed by atoms with Crippen LogP contribution >= 0.6 is 0 Å². The number of carbonyl (C=O) groups excluding carboxylic acids is 2. The molecule has 10 heteroatoms. The van der Waals surface area contributed by atoms with Gasteiger partial charge < -0.3 is 14.5 Å². The number of sulfonamides is 1. The summed E-state index contributed by atoms with van der Waals surface area (Å²) in [6.45, 7) is 2.92. The van der Waals surface area contributed by atoms with Gasteiger partial charge >= 0.3 is 11.6 Å². The maximum atomic E-state index is 12.3. The summed E-state index contributed by atoms with van der Waals surface area (Å²) in [5, 5.41) is 3.20. The number of hydrogen-bond donors (Lipinski definition) is 2. The third kappa shape index (κ3) is 6.02. The standard InChI is InChI=1S/C22H22N2O7S/c1-14-3-8-19-16(12-22(27)31-20(19)11-14)13-30-21(26)9-10-23-32(28,29)18-6-4-17(5-7-18)24-15(2)25/h3-8,11-12,23H,9-10,13H2,1-2H3,(H,24,25). The fourth-order valence-corrected chi connectivity index (χ4v) is 4.01. The van der Waals surface area contributed by atoms with Gasteiger partial charge in [-0.15, -0.1) is 0 Å². The lowest BCUT2D eigenvalue weighted by atomic mass is 10.1. The molecule has 0 atom stereocenters. The highest BCUT2D eigenvalue weighted by Crippen LogP contribution is 2.19. The second kappa shape index (κ2) is 9.75. The minimum Gasteiger partial charge on any atom is -0.461 e. The number of benzene rings is 2. The van der Waals surface area contributed by atoms with Crippen molar-refractivity contribution in [3.8, 4) is 0 Å². The molecule has 3 aromatic rings. The van der Waals surface area contributed by atoms with Gasteiger partial charge in [0.2, 0.25) is 15.9 Å². The lowest BCUT2D eigenvalue weighted by molar-refractivity contribution is -0.144. The zero-order valence-corrected chi connectivity index (χ0v) is 18.3. The highest BCUT2D eigenvalue weighted by molar-refractivity contribution is 7.89. The van der Waals surface area contributed by atoms with Crippen molar-refractivity contribution in [2.24, 2.45) is 0 Å². The van der Waals surface area contributed by atoms with Crippen molar-refractivity contribution in [1.82, 2.24) is 4.72 Å². The lowest BCUT2D eigenvalue weighted by Gasteiger charge is -2.09. The van der Waals surface area contributed by atoms with Gasteiger partial charge in [0.05, 0.1) is 11.3 Å². The van der Waals surface area contributed by atoms with E-state index in [9.17, 15) is 22.8 Å². The summed E-state index contributed by atoms with van der Waals surface area (Å²) in [6, 6.07) is 12.2. The lowest BCUT2D eigenvalue weighted by Crippen LogP contribution is -2.26. The first-order valence-corrected chi connectivity index (χ1v) is 11.2. The van der Waals surface area contributed by atoms with Crippen molar-refractivity contribution >= 4 is 38.6 Å². The minimum atomic E-state index is -3.83. The van der Waals surface area contributed by atoms with Gasteiger partial charge in [-0.25, -0.2) is 17.9 Å². The summed E-state index contributed by atoms with van der Waals surface area (Å²) in [5.74, 6) is -0.890. The predicted molar refractivity (Wildman–Crippen MR) is 118 cm³/mol. The zero-order valence-electron chi connectivity index (χ0n) is 17.5. The SMILES string of the molecule is CC(=O)Nc1ccc(S(=O)(=O)NCCC(=O)OCc2cc(=O)oc3cc(C)ccc23)cc1. The summed E-state index contributed by atoms with van der Waals surface area (Å²) in [5.41, 5.74) is 1.75. The van der Waals surface area contributed by atoms with E-state index in [1.807, 2.05) is 13.0 Å². The quantitative estimate of drug-likeness (QED) is 0.391. The maximum Gasteiger partial charge on any atom is 0.336 e. The topological polar surface area (TPSA) is 132 Å². The smallest absolute Gasteiger partial charge is 0.336 e. The molecule has 0 radical (unpaired) electrons. The maximum absolute atomic E-state index is 12.3. The van der Waals surface area contributed by atoms with Crippen molar-refractivity contribution in [3.05, 3.63) is 70.1 Å². The van der Waals surface area contributed by atoms with Crippen LogP contribution in [0.25, 0.3) is 11.0 Å². The van der Waals surface area contributed by atoms with E-state index in [2.05, 4.69) is 10.0 Å². The fraction of sp³-hybridized carbons (Fsp3) is 0.227. The van der Waals surface area contributed by atoms with E-state index < -0.39 is 21.6 Å². The Morgan fingerprint density at radius 1 is 1.06 bits per heavy atom. The molecular formula is C22H22N2O7S. The zero-order chi connectivity index (χ0) is 23.3. The van der Waals surface area contributed by atoms with Crippen LogP contribution in [-0.2, 0) is 31.0 Å². The Labute approximate surface area is 184 Å². The van der Waals surface area contributed by atoms with E-state index in [4.69, 9.17) is 9.15 Å². The van der Waals surface area contributed by atoms with E-state index in [0.717, 1.165) is 5.56 Å². The van der Waals surface area contributed by atoms with Crippen LogP contribution in [-0.4, -0.2) is 26.8 Å². The molecule has 0 saturated carbocycles. The Kier molecular flexibility index (Phi) is 7.06. The Morgan fingerprint density at radius 2 is 1.78 bits per heavy atom. The molecule has 0 unspecified atom stereocenters. The average molecular weight is 458 g/mol. The van der Waals surface area contributed by atoms with Crippen LogP contribution < -0.4 is 15.7 Å². The van der Waals surface area contributed by atoms with Gasteiger partial charge in [0.1, 0.15) is 12.2 Å². The van der Waals surface area contributed by atoms with Gasteiger partial charge in [-0.2, -0.15) is 0 Å². The third-order valence-corrected chi connectivity index (χ3v) is 5.96. The minimum absolute atomic E-state index is 0.00209. The molecule has 0 saturated heterocycles. The van der Waals surface area contributed by atoms with Gasteiger partial charge in [0.25, 0.3) is 0 Å². The Morgan fingerprint density at radius 3 is 2.47 bits per heavy atom. The first-order valence-electron chi connectivity index (χ1n) is 9.70. The van der Waals surface area contributed by atoms with Crippen LogP contribution in [0.3, 0.4) is 0 Å². The number of hydrogen-bond acceptors (Lipinski definition) is 7. The molecule has 32 heavy (non-hydrogen) atoms. The van der Waals surface area contributed by atoms with Crippen LogP contribution in [0.5, 0.6) is 0 Å². The molecule has 2 aromatic carbocycles. The molecule has 168 valence electrons. The summed E-state index contributed by atoms with van der Waals surface area (Å²) in [7, 11) is -3.83. The number of aryl methyl sites for hydroxylation is 1. The largest absolute Gasteiger partial charge is 0.461 e. The Bertz CT molecular complexity index is 1310. The van der Waals surface area contributed by atoms with Gasteiger partial charge in [-0.05, 0) is 42.8 Å². The van der Waals surface area contributed by atoms with Gasteiger partial charge in [0, 0.05) is 36.2 Å². The third-order valence-electron chi connectivity index (χ3n) is 4.48. The fourth-order valence-electron chi connectivity index (χ4n) is 2.98. The van der Waals surface area contributed by atoms with Gasteiger partial charge in [-0.3, -0.25) is 9.59 Å². The molecule has 0 spiro atoms. The summed E-state index contributed by atoms with van der Waals surface area (Å²) in [4.78, 5) is 34.8. The molecule has 0 aliphatic carbocycles. The molecule has 0 fully saturated rings. The number of esters is 1. The average Bonchev–Trinajstić information content (AvgIpc) is 2.71. The Balaban J connectivity index is 1.55. The van der Waals surface area contributed by atoms with Gasteiger partial charge in [0.15, 0.2) is 0 Å². The van der Waals surface area contributed by atoms with E-state index in [1.54, 1.807) is 12.1 Å². The second-order valence-corrected chi connectivity index (χ2v) is 8.87. The molecule has 1 heterocycles. The first kappa shape index (κ1) is 23.2. The molecule has 2 N–H and O–H groups in total. The second-order valence-electron chi connectivity index (χ2n) is 7.10. The highest BCUT2D eigenvalue weighted by atomic mass is 32.2.